The molecular weight excluding hydrogens is 419 g/mol. The lowest BCUT2D eigenvalue weighted by atomic mass is 10.1. The van der Waals surface area contributed by atoms with Crippen LogP contribution in [0.1, 0.15) is 11.1 Å². The summed E-state index contributed by atoms with van der Waals surface area (Å²) in [4.78, 5) is 2.94. The Labute approximate surface area is 150 Å². The maximum absolute atomic E-state index is 14.0. The predicted octanol–water partition coefficient (Wildman–Crippen LogP) is 4.57. The minimum Gasteiger partial charge on any atom is -0.359 e. The molecule has 1 N–H and O–H groups in total. The van der Waals surface area contributed by atoms with E-state index < -0.39 is 21.4 Å². The van der Waals surface area contributed by atoms with Crippen molar-refractivity contribution < 1.29 is 12.8 Å². The van der Waals surface area contributed by atoms with Gasteiger partial charge in [0.1, 0.15) is 5.82 Å². The third kappa shape index (κ3) is 2.93. The van der Waals surface area contributed by atoms with Crippen molar-refractivity contribution in [2.75, 3.05) is 0 Å². The lowest BCUT2D eigenvalue weighted by Gasteiger charge is -2.06. The van der Waals surface area contributed by atoms with Gasteiger partial charge < -0.3 is 4.98 Å². The second-order valence-corrected chi connectivity index (χ2v) is 8.27. The Balaban J connectivity index is 2.06. The minimum atomic E-state index is -3.79. The van der Waals surface area contributed by atoms with Gasteiger partial charge in [-0.3, -0.25) is 0 Å². The van der Waals surface area contributed by atoms with Crippen LogP contribution in [0.2, 0.25) is 5.02 Å². The molecule has 0 saturated heterocycles. The maximum Gasteiger partial charge on any atom is 0.184 e. The first kappa shape index (κ1) is 17.0. The van der Waals surface area contributed by atoms with Gasteiger partial charge in [-0.15, -0.1) is 0 Å². The number of nitriles is 1. The zero-order valence-corrected chi connectivity index (χ0v) is 15.1. The highest BCUT2D eigenvalue weighted by molar-refractivity contribution is 9.10. The number of benzene rings is 2. The zero-order chi connectivity index (χ0) is 17.5. The molecule has 2 aromatic carbocycles. The third-order valence-corrected chi connectivity index (χ3v) is 6.64. The molecular formula is C16H9BrClFN2O2S. The largest absolute Gasteiger partial charge is 0.359 e. The van der Waals surface area contributed by atoms with Crippen LogP contribution in [0.4, 0.5) is 4.39 Å². The quantitative estimate of drug-likeness (QED) is 0.665. The third-order valence-electron chi connectivity index (χ3n) is 3.57. The number of aromatic amines is 1. The molecule has 8 heteroatoms. The van der Waals surface area contributed by atoms with E-state index in [2.05, 4.69) is 20.9 Å². The number of H-pyrrole nitrogens is 1. The number of sulfone groups is 1. The molecule has 0 aliphatic rings. The van der Waals surface area contributed by atoms with Crippen LogP contribution in [0.15, 0.2) is 45.9 Å². The fraction of sp³-hybridized carbons (Fsp3) is 0.0625. The fourth-order valence-corrected chi connectivity index (χ4v) is 4.55. The lowest BCUT2D eigenvalue weighted by Crippen LogP contribution is -2.06. The van der Waals surface area contributed by atoms with Crippen LogP contribution in [0.25, 0.3) is 10.9 Å². The van der Waals surface area contributed by atoms with Crippen molar-refractivity contribution in [3.05, 3.63) is 63.0 Å². The molecule has 0 fully saturated rings. The molecule has 24 heavy (non-hydrogen) atoms. The monoisotopic (exact) mass is 426 g/mol. The Hall–Kier alpha value is -1.88. The number of nitrogens with zero attached hydrogens (tertiary/aromatic N) is 1. The maximum atomic E-state index is 14.0. The SMILES string of the molecule is N#Cc1ccc(CS(=O)(=O)c2c[nH]c3c(Br)c(Cl)ccc23)c(F)c1. The molecule has 0 radical (unpaired) electrons. The van der Waals surface area contributed by atoms with Crippen molar-refractivity contribution in [1.29, 1.82) is 5.26 Å². The summed E-state index contributed by atoms with van der Waals surface area (Å²) in [6.07, 6.45) is 1.36. The molecule has 0 bridgehead atoms. The normalized spacial score (nSPS) is 11.6. The van der Waals surface area contributed by atoms with E-state index in [-0.39, 0.29) is 16.0 Å². The zero-order valence-electron chi connectivity index (χ0n) is 12.0. The van der Waals surface area contributed by atoms with E-state index in [9.17, 15) is 12.8 Å². The summed E-state index contributed by atoms with van der Waals surface area (Å²) in [5.74, 6) is -1.22. The molecule has 0 amide bonds. The molecule has 0 unspecified atom stereocenters. The number of rotatable bonds is 3. The second kappa shape index (κ2) is 6.20. The van der Waals surface area contributed by atoms with Crippen LogP contribution in [0.5, 0.6) is 0 Å². The Morgan fingerprint density at radius 3 is 2.71 bits per heavy atom. The molecule has 1 heterocycles. The Kier molecular flexibility index (Phi) is 4.38. The van der Waals surface area contributed by atoms with Crippen LogP contribution < -0.4 is 0 Å². The Morgan fingerprint density at radius 1 is 1.29 bits per heavy atom. The van der Waals surface area contributed by atoms with Crippen molar-refractivity contribution >= 4 is 48.3 Å². The first-order valence-electron chi connectivity index (χ1n) is 6.70. The highest BCUT2D eigenvalue weighted by Gasteiger charge is 2.22. The van der Waals surface area contributed by atoms with Crippen molar-refractivity contribution in [2.45, 2.75) is 10.6 Å². The van der Waals surface area contributed by atoms with E-state index in [0.717, 1.165) is 6.07 Å². The van der Waals surface area contributed by atoms with E-state index in [4.69, 9.17) is 16.9 Å². The van der Waals surface area contributed by atoms with E-state index in [1.165, 1.54) is 18.3 Å². The van der Waals surface area contributed by atoms with Crippen molar-refractivity contribution in [3.63, 3.8) is 0 Å². The topological polar surface area (TPSA) is 73.7 Å². The van der Waals surface area contributed by atoms with Crippen LogP contribution in [0, 0.1) is 17.1 Å². The van der Waals surface area contributed by atoms with E-state index in [0.29, 0.717) is 20.4 Å². The van der Waals surface area contributed by atoms with Gasteiger partial charge in [0, 0.05) is 17.1 Å². The van der Waals surface area contributed by atoms with Crippen LogP contribution in [-0.2, 0) is 15.6 Å². The first-order valence-corrected chi connectivity index (χ1v) is 9.52. The van der Waals surface area contributed by atoms with Gasteiger partial charge in [0.25, 0.3) is 0 Å². The fourth-order valence-electron chi connectivity index (χ4n) is 2.39. The molecule has 4 nitrogen and oxygen atoms in total. The predicted molar refractivity (Wildman–Crippen MR) is 93.0 cm³/mol. The molecule has 0 aliphatic carbocycles. The van der Waals surface area contributed by atoms with Gasteiger partial charge in [0.15, 0.2) is 9.84 Å². The van der Waals surface area contributed by atoms with Gasteiger partial charge in [0.2, 0.25) is 0 Å². The van der Waals surface area contributed by atoms with Crippen molar-refractivity contribution in [1.82, 2.24) is 4.98 Å². The van der Waals surface area contributed by atoms with Crippen LogP contribution in [-0.4, -0.2) is 13.4 Å². The number of nitrogens with one attached hydrogen (secondary N) is 1. The second-order valence-electron chi connectivity index (χ2n) is 5.11. The summed E-state index contributed by atoms with van der Waals surface area (Å²) in [6, 6.07) is 8.72. The molecule has 0 aliphatic heterocycles. The van der Waals surface area contributed by atoms with Gasteiger partial charge in [-0.1, -0.05) is 17.7 Å². The van der Waals surface area contributed by atoms with Crippen molar-refractivity contribution in [2.24, 2.45) is 0 Å². The summed E-state index contributed by atoms with van der Waals surface area (Å²) < 4.78 is 39.9. The number of hydrogen-bond donors (Lipinski definition) is 1. The van der Waals surface area contributed by atoms with E-state index >= 15 is 0 Å². The molecule has 0 atom stereocenters. The smallest absolute Gasteiger partial charge is 0.184 e. The Bertz CT molecular complexity index is 1100. The summed E-state index contributed by atoms with van der Waals surface area (Å²) in [5, 5.41) is 9.67. The van der Waals surface area contributed by atoms with Gasteiger partial charge >= 0.3 is 0 Å². The Morgan fingerprint density at radius 2 is 2.04 bits per heavy atom. The minimum absolute atomic E-state index is 0.0105. The van der Waals surface area contributed by atoms with E-state index in [1.807, 2.05) is 6.07 Å². The van der Waals surface area contributed by atoms with E-state index in [1.54, 1.807) is 12.1 Å². The highest BCUT2D eigenvalue weighted by Crippen LogP contribution is 2.34. The lowest BCUT2D eigenvalue weighted by molar-refractivity contribution is 0.587. The molecule has 0 saturated carbocycles. The van der Waals surface area contributed by atoms with Crippen LogP contribution >= 0.6 is 27.5 Å². The average molecular weight is 428 g/mol. The average Bonchev–Trinajstić information content (AvgIpc) is 2.98. The summed E-state index contributed by atoms with van der Waals surface area (Å²) in [5.41, 5.74) is 0.706. The number of aromatic nitrogens is 1. The molecule has 0 spiro atoms. The summed E-state index contributed by atoms with van der Waals surface area (Å²) in [7, 11) is -3.79. The molecule has 122 valence electrons. The number of hydrogen-bond acceptors (Lipinski definition) is 3. The van der Waals surface area contributed by atoms with Crippen LogP contribution in [0.3, 0.4) is 0 Å². The van der Waals surface area contributed by atoms with Gasteiger partial charge in [0.05, 0.1) is 37.3 Å². The standard InChI is InChI=1S/C16H9BrClFN2O2S/c17-15-12(18)4-3-11-14(7-21-16(11)15)24(22,23)8-10-2-1-9(6-20)5-13(10)19/h1-5,7,21H,8H2. The van der Waals surface area contributed by atoms with Gasteiger partial charge in [-0.25, -0.2) is 12.8 Å². The van der Waals surface area contributed by atoms with Gasteiger partial charge in [-0.2, -0.15) is 5.26 Å². The molecule has 1 aromatic heterocycles. The highest BCUT2D eigenvalue weighted by atomic mass is 79.9. The molecule has 3 aromatic rings. The van der Waals surface area contributed by atoms with Gasteiger partial charge in [-0.05, 0) is 40.2 Å². The summed E-state index contributed by atoms with van der Waals surface area (Å²) >= 11 is 9.30. The van der Waals surface area contributed by atoms with Crippen molar-refractivity contribution in [3.8, 4) is 6.07 Å². The summed E-state index contributed by atoms with van der Waals surface area (Å²) in [6.45, 7) is 0. The molecule has 3 rings (SSSR count). The number of fused-ring (bicyclic) bond motifs is 1. The first-order chi connectivity index (χ1) is 11.3. The number of halogens is 3.